The fourth-order valence-electron chi connectivity index (χ4n) is 3.76. The fraction of sp³-hybridized carbons (Fsp3) is 0.0435. The van der Waals surface area contributed by atoms with Gasteiger partial charge < -0.3 is 20.4 Å². The Morgan fingerprint density at radius 3 is 2.34 bits per heavy atom. The van der Waals surface area contributed by atoms with Crippen molar-refractivity contribution in [2.45, 2.75) is 9.79 Å². The second-order valence-electron chi connectivity index (χ2n) is 7.20. The molecule has 0 fully saturated rings. The lowest BCUT2D eigenvalue weighted by Gasteiger charge is -2.12. The Bertz CT molecular complexity index is 1620. The van der Waals surface area contributed by atoms with Gasteiger partial charge in [0, 0.05) is 5.39 Å². The third-order valence-electron chi connectivity index (χ3n) is 5.33. The molecule has 0 spiro atoms. The van der Waals surface area contributed by atoms with E-state index in [9.17, 15) is 13.2 Å². The van der Waals surface area contributed by atoms with Crippen molar-refractivity contribution >= 4 is 37.5 Å². The Morgan fingerprint density at radius 2 is 1.62 bits per heavy atom. The van der Waals surface area contributed by atoms with Crippen LogP contribution in [0.15, 0.2) is 81.3 Å². The highest BCUT2D eigenvalue weighted by molar-refractivity contribution is 7.91. The number of nitrogens with zero attached hydrogens (tertiary/aromatic N) is 1. The quantitative estimate of drug-likeness (QED) is 0.387. The van der Waals surface area contributed by atoms with Gasteiger partial charge in [0.15, 0.2) is 0 Å². The van der Waals surface area contributed by atoms with E-state index >= 15 is 0 Å². The number of nitrogens with two attached hydrogens (primary N) is 1. The summed E-state index contributed by atoms with van der Waals surface area (Å²) in [6, 6.07) is 18.0. The minimum Gasteiger partial charge on any atom is -0.497 e. The lowest BCUT2D eigenvalue weighted by atomic mass is 10.1. The maximum atomic E-state index is 13.5. The normalized spacial score (nSPS) is 11.8. The zero-order chi connectivity index (χ0) is 22.5. The van der Waals surface area contributed by atoms with E-state index in [4.69, 9.17) is 10.5 Å². The largest absolute Gasteiger partial charge is 0.497 e. The Labute approximate surface area is 182 Å². The van der Waals surface area contributed by atoms with Crippen LogP contribution < -0.4 is 16.0 Å². The molecule has 2 aromatic heterocycles. The number of sulfone groups is 1. The SMILES string of the molecule is COc1ccc(S(=O)(=O)c2cccc3[nH]c(=O)c(-c4nc5ccccc5[nH]4)c(N)c23)cc1. The molecule has 0 unspecified atom stereocenters. The first-order valence-corrected chi connectivity index (χ1v) is 11.2. The van der Waals surface area contributed by atoms with Crippen LogP contribution in [0.5, 0.6) is 5.75 Å². The van der Waals surface area contributed by atoms with Gasteiger partial charge in [-0.3, -0.25) is 4.79 Å². The van der Waals surface area contributed by atoms with Crippen LogP contribution in [0.1, 0.15) is 0 Å². The molecule has 0 aliphatic carbocycles. The van der Waals surface area contributed by atoms with E-state index < -0.39 is 15.4 Å². The maximum absolute atomic E-state index is 13.5. The van der Waals surface area contributed by atoms with Crippen LogP contribution in [0, 0.1) is 0 Å². The van der Waals surface area contributed by atoms with Crippen molar-refractivity contribution in [2.24, 2.45) is 0 Å². The van der Waals surface area contributed by atoms with Gasteiger partial charge in [0.1, 0.15) is 17.1 Å². The van der Waals surface area contributed by atoms with Crippen molar-refractivity contribution in [3.05, 3.63) is 77.1 Å². The summed E-state index contributed by atoms with van der Waals surface area (Å²) < 4.78 is 32.0. The number of nitrogens with one attached hydrogen (secondary N) is 2. The summed E-state index contributed by atoms with van der Waals surface area (Å²) in [6.45, 7) is 0. The number of para-hydroxylation sites is 2. The number of fused-ring (bicyclic) bond motifs is 2. The van der Waals surface area contributed by atoms with E-state index in [1.807, 2.05) is 18.2 Å². The molecular formula is C23H18N4O4S. The van der Waals surface area contributed by atoms with Gasteiger partial charge in [0.25, 0.3) is 5.56 Å². The third kappa shape index (κ3) is 3.02. The maximum Gasteiger partial charge on any atom is 0.261 e. The second kappa shape index (κ2) is 7.24. The highest BCUT2D eigenvalue weighted by atomic mass is 32.2. The third-order valence-corrected chi connectivity index (χ3v) is 7.14. The summed E-state index contributed by atoms with van der Waals surface area (Å²) >= 11 is 0. The topological polar surface area (TPSA) is 131 Å². The van der Waals surface area contributed by atoms with Crippen LogP contribution in [0.2, 0.25) is 0 Å². The first-order valence-electron chi connectivity index (χ1n) is 9.69. The number of anilines is 1. The van der Waals surface area contributed by atoms with Gasteiger partial charge in [0.2, 0.25) is 9.84 Å². The Hall–Kier alpha value is -4.11. The zero-order valence-electron chi connectivity index (χ0n) is 16.9. The van der Waals surface area contributed by atoms with E-state index in [0.717, 1.165) is 5.52 Å². The molecule has 0 aliphatic heterocycles. The molecule has 9 heteroatoms. The lowest BCUT2D eigenvalue weighted by molar-refractivity contribution is 0.414. The van der Waals surface area contributed by atoms with Crippen molar-refractivity contribution in [3.8, 4) is 17.1 Å². The molecular weight excluding hydrogens is 428 g/mol. The van der Waals surface area contributed by atoms with Gasteiger partial charge in [-0.05, 0) is 48.5 Å². The second-order valence-corrected chi connectivity index (χ2v) is 9.12. The number of imidazole rings is 1. The number of nitrogen functional groups attached to an aromatic ring is 1. The number of rotatable bonds is 4. The summed E-state index contributed by atoms with van der Waals surface area (Å²) in [6.07, 6.45) is 0. The molecule has 0 aliphatic rings. The predicted octanol–water partition coefficient (Wildman–Crippen LogP) is 3.50. The first kappa shape index (κ1) is 19.8. The van der Waals surface area contributed by atoms with Crippen molar-refractivity contribution < 1.29 is 13.2 Å². The van der Waals surface area contributed by atoms with Crippen LogP contribution in [-0.2, 0) is 9.84 Å². The van der Waals surface area contributed by atoms with E-state index in [1.54, 1.807) is 30.3 Å². The summed E-state index contributed by atoms with van der Waals surface area (Å²) in [5.41, 5.74) is 7.82. The molecule has 0 saturated carbocycles. The molecule has 0 radical (unpaired) electrons. The number of hydrogen-bond donors (Lipinski definition) is 3. The summed E-state index contributed by atoms with van der Waals surface area (Å²) in [4.78, 5) is 23.2. The molecule has 5 rings (SSSR count). The monoisotopic (exact) mass is 446 g/mol. The van der Waals surface area contributed by atoms with E-state index in [1.165, 1.54) is 25.3 Å². The first-order chi connectivity index (χ1) is 15.4. The van der Waals surface area contributed by atoms with E-state index in [0.29, 0.717) is 16.8 Å². The highest BCUT2D eigenvalue weighted by Crippen LogP contribution is 2.35. The molecule has 0 saturated heterocycles. The molecule has 0 bridgehead atoms. The minimum absolute atomic E-state index is 0.00808. The molecule has 32 heavy (non-hydrogen) atoms. The minimum atomic E-state index is -3.94. The lowest BCUT2D eigenvalue weighted by Crippen LogP contribution is -2.15. The molecule has 4 N–H and O–H groups in total. The number of aromatic amines is 2. The van der Waals surface area contributed by atoms with E-state index in [-0.39, 0.29) is 32.3 Å². The number of hydrogen-bond acceptors (Lipinski definition) is 6. The number of methoxy groups -OCH3 is 1. The van der Waals surface area contributed by atoms with Crippen molar-refractivity contribution in [1.82, 2.24) is 15.0 Å². The van der Waals surface area contributed by atoms with Crippen LogP contribution in [0.25, 0.3) is 33.3 Å². The molecule has 0 atom stereocenters. The molecule has 5 aromatic rings. The van der Waals surface area contributed by atoms with Crippen LogP contribution >= 0.6 is 0 Å². The van der Waals surface area contributed by atoms with Gasteiger partial charge in [-0.1, -0.05) is 18.2 Å². The predicted molar refractivity (Wildman–Crippen MR) is 123 cm³/mol. The smallest absolute Gasteiger partial charge is 0.261 e. The standard InChI is InChI=1S/C23H18N4O4S/c1-31-13-9-11-14(12-10-13)32(29,30)18-8-4-7-17-19(18)21(24)20(23(28)27-17)22-25-15-5-2-3-6-16(15)26-22/h2-12H,1H3,(H,25,26)(H3,24,27,28). The molecule has 8 nitrogen and oxygen atoms in total. The van der Waals surface area contributed by atoms with Crippen molar-refractivity contribution in [1.29, 1.82) is 0 Å². The average Bonchev–Trinajstić information content (AvgIpc) is 3.22. The number of benzene rings is 3. The Morgan fingerprint density at radius 1 is 0.906 bits per heavy atom. The number of H-pyrrole nitrogens is 2. The number of ether oxygens (including phenoxy) is 1. The molecule has 0 amide bonds. The van der Waals surface area contributed by atoms with Gasteiger partial charge in [-0.25, -0.2) is 13.4 Å². The van der Waals surface area contributed by atoms with Crippen molar-refractivity contribution in [2.75, 3.05) is 12.8 Å². The van der Waals surface area contributed by atoms with Crippen LogP contribution in [0.4, 0.5) is 5.69 Å². The van der Waals surface area contributed by atoms with Crippen LogP contribution in [0.3, 0.4) is 0 Å². The molecule has 2 heterocycles. The summed E-state index contributed by atoms with van der Waals surface area (Å²) in [5.74, 6) is 0.807. The van der Waals surface area contributed by atoms with Gasteiger partial charge >= 0.3 is 0 Å². The Balaban J connectivity index is 1.78. The summed E-state index contributed by atoms with van der Waals surface area (Å²) in [5, 5.41) is 0.235. The van der Waals surface area contributed by atoms with Gasteiger partial charge in [-0.2, -0.15) is 0 Å². The molecule has 3 aromatic carbocycles. The van der Waals surface area contributed by atoms with Crippen molar-refractivity contribution in [3.63, 3.8) is 0 Å². The Kier molecular flexibility index (Phi) is 4.49. The number of aromatic nitrogens is 3. The van der Waals surface area contributed by atoms with Crippen LogP contribution in [-0.4, -0.2) is 30.5 Å². The van der Waals surface area contributed by atoms with Gasteiger partial charge in [0.05, 0.1) is 39.1 Å². The zero-order valence-corrected chi connectivity index (χ0v) is 17.7. The molecule has 160 valence electrons. The number of pyridine rings is 1. The van der Waals surface area contributed by atoms with Gasteiger partial charge in [-0.15, -0.1) is 0 Å². The highest BCUT2D eigenvalue weighted by Gasteiger charge is 2.25. The average molecular weight is 446 g/mol. The fourth-order valence-corrected chi connectivity index (χ4v) is 5.25. The van der Waals surface area contributed by atoms with E-state index in [2.05, 4.69) is 15.0 Å². The summed E-state index contributed by atoms with van der Waals surface area (Å²) in [7, 11) is -2.43.